The summed E-state index contributed by atoms with van der Waals surface area (Å²) >= 11 is 2.83. The predicted octanol–water partition coefficient (Wildman–Crippen LogP) is -3.78. The summed E-state index contributed by atoms with van der Waals surface area (Å²) in [6, 6.07) is 10.0. The van der Waals surface area contributed by atoms with E-state index in [2.05, 4.69) is 20.8 Å². The molecular weight excluding hydrogens is 712 g/mol. The van der Waals surface area contributed by atoms with E-state index >= 15 is 0 Å². The largest absolute Gasteiger partial charge is 3.00 e. The Hall–Kier alpha value is 2.19. The fraction of sp³-hybridized carbons (Fsp3) is 0.273. The van der Waals surface area contributed by atoms with Gasteiger partial charge in [-0.15, -0.1) is 0 Å². The quantitative estimate of drug-likeness (QED) is 0.206. The molecule has 0 bridgehead atoms. The van der Waals surface area contributed by atoms with Crippen molar-refractivity contribution in [3.63, 3.8) is 0 Å². The van der Waals surface area contributed by atoms with E-state index in [1.165, 1.54) is 54.5 Å². The fourth-order valence-electron chi connectivity index (χ4n) is 0.583. The van der Waals surface area contributed by atoms with Crippen LogP contribution in [0.3, 0.4) is 0 Å². The first-order valence-electron chi connectivity index (χ1n) is 4.11. The molecule has 0 aliphatic rings. The third kappa shape index (κ3) is 16.2. The van der Waals surface area contributed by atoms with Crippen molar-refractivity contribution in [3.8, 4) is 0 Å². The Morgan fingerprint density at radius 3 is 1.44 bits per heavy atom. The smallest absolute Gasteiger partial charge is 1.00 e. The monoisotopic (exact) mass is 724 g/mol. The molecule has 0 atom stereocenters. The third-order valence-corrected chi connectivity index (χ3v) is 4.25. The molecule has 1 rings (SSSR count). The molecule has 0 heterocycles. The van der Waals surface area contributed by atoms with Crippen LogP contribution in [0.4, 0.5) is 0 Å². The van der Waals surface area contributed by atoms with E-state index in [1.54, 1.807) is 6.49 Å². The first-order valence-corrected chi connectivity index (χ1v) is 7.59. The predicted molar refractivity (Wildman–Crippen MR) is 62.6 cm³/mol. The van der Waals surface area contributed by atoms with Gasteiger partial charge in [0.15, 0.2) is 0 Å². The van der Waals surface area contributed by atoms with E-state index in [0.29, 0.717) is 0 Å². The Balaban J connectivity index is -0.0000000798. The Morgan fingerprint density at radius 2 is 1.38 bits per heavy atom. The second kappa shape index (κ2) is 17.2. The zero-order valence-corrected chi connectivity index (χ0v) is 20.5. The van der Waals surface area contributed by atoms with Crippen LogP contribution in [0.5, 0.6) is 0 Å². The minimum Gasteiger partial charge on any atom is -1.00 e. The Kier molecular flexibility index (Phi) is 28.7. The van der Waals surface area contributed by atoms with Gasteiger partial charge in [0.1, 0.15) is 0 Å². The summed E-state index contributed by atoms with van der Waals surface area (Å²) < 4.78 is 3.12. The molecule has 0 spiro atoms. The van der Waals surface area contributed by atoms with Crippen LogP contribution in [0.15, 0.2) is 39.2 Å². The van der Waals surface area contributed by atoms with Gasteiger partial charge in [-0.05, 0) is 0 Å². The average molecular weight is 726 g/mol. The van der Waals surface area contributed by atoms with Crippen LogP contribution in [-0.2, 0) is 26.2 Å². The van der Waals surface area contributed by atoms with Crippen LogP contribution in [0.2, 0.25) is 0 Å². The number of hydrogen-bond donors (Lipinski definition) is 0. The van der Waals surface area contributed by atoms with Crippen LogP contribution in [0, 0.1) is 0 Å². The van der Waals surface area contributed by atoms with Crippen LogP contribution in [0.1, 0.15) is 20.8 Å². The van der Waals surface area contributed by atoms with Crippen molar-refractivity contribution in [2.75, 3.05) is 0 Å². The number of halogens is 2. The molecule has 0 amide bonds. The van der Waals surface area contributed by atoms with E-state index < -0.39 is 0 Å². The minimum absolute atomic E-state index is 0. The number of allylic oxidation sites excluding steroid dienone is 2. The van der Waals surface area contributed by atoms with E-state index in [1.807, 2.05) is 30.3 Å². The molecule has 0 saturated carbocycles. The molecule has 1 aromatic rings. The van der Waals surface area contributed by atoms with Crippen molar-refractivity contribution < 1.29 is 51.0 Å². The molecule has 0 aliphatic heterocycles. The van der Waals surface area contributed by atoms with E-state index in [4.69, 9.17) is 0 Å². The van der Waals surface area contributed by atoms with Crippen LogP contribution < -0.4 is 24.8 Å². The van der Waals surface area contributed by atoms with Crippen LogP contribution >= 0.6 is 0 Å². The van der Waals surface area contributed by atoms with Gasteiger partial charge in [0, 0.05) is 0 Å². The van der Waals surface area contributed by atoms with Gasteiger partial charge in [-0.2, -0.15) is 18.2 Å². The standard InChI is InChI=1S/C6H9.C5H5.2Bi.2ClH.Zr/c1-4-6(3)5-2;1-2-4-5-3-1;;;;;/h1-3H3;1-5H;;;2*1H;/q;-1;;;;;+3/p-2. The first-order chi connectivity index (χ1) is 6.05. The molecule has 0 N–H and O–H groups in total. The van der Waals surface area contributed by atoms with Gasteiger partial charge in [0.2, 0.25) is 0 Å². The molecule has 0 nitrogen and oxygen atoms in total. The summed E-state index contributed by atoms with van der Waals surface area (Å²) in [7, 11) is 0. The van der Waals surface area contributed by atoms with Gasteiger partial charge < -0.3 is 24.8 Å². The Bertz CT molecular complexity index is 261. The van der Waals surface area contributed by atoms with Crippen LogP contribution in [0.25, 0.3) is 0 Å². The average Bonchev–Trinajstić information content (AvgIpc) is 2.59. The first kappa shape index (κ1) is 26.7. The molecular formula is C11H14Bi2Cl2Zr. The molecule has 0 aromatic heterocycles. The second-order valence-electron chi connectivity index (χ2n) is 2.76. The number of hydrogen-bond acceptors (Lipinski definition) is 0. The van der Waals surface area contributed by atoms with Crippen LogP contribution in [-0.4, -0.2) is 52.2 Å². The molecule has 0 aliphatic carbocycles. The van der Waals surface area contributed by atoms with Crippen molar-refractivity contribution >= 4 is 52.2 Å². The summed E-state index contributed by atoms with van der Waals surface area (Å²) in [5.41, 5.74) is 1.53. The third-order valence-electron chi connectivity index (χ3n) is 1.64. The molecule has 0 saturated heterocycles. The summed E-state index contributed by atoms with van der Waals surface area (Å²) in [5, 5.41) is 0. The molecule has 16 heavy (non-hydrogen) atoms. The summed E-state index contributed by atoms with van der Waals surface area (Å²) in [5.74, 6) is 0. The maximum Gasteiger partial charge on any atom is 3.00 e. The minimum atomic E-state index is 0. The van der Waals surface area contributed by atoms with Gasteiger partial charge >= 0.3 is 108 Å². The van der Waals surface area contributed by atoms with Gasteiger partial charge in [-0.1, -0.05) is 0 Å². The zero-order valence-electron chi connectivity index (χ0n) is 9.54. The Morgan fingerprint density at radius 1 is 1.00 bits per heavy atom. The maximum atomic E-state index is 2.21. The van der Waals surface area contributed by atoms with Crippen molar-refractivity contribution in [2.24, 2.45) is 0 Å². The molecule has 4 radical (unpaired) electrons. The molecule has 0 fully saturated rings. The molecule has 1 aromatic carbocycles. The molecule has 0 unspecified atom stereocenters. The maximum absolute atomic E-state index is 2.21. The molecule has 5 heteroatoms. The normalized spacial score (nSPS) is 9.00. The van der Waals surface area contributed by atoms with Gasteiger partial charge in [-0.3, -0.25) is 0 Å². The Labute approximate surface area is 161 Å². The summed E-state index contributed by atoms with van der Waals surface area (Å²) in [4.78, 5) is 0. The van der Waals surface area contributed by atoms with E-state index in [-0.39, 0.29) is 51.0 Å². The fourth-order valence-corrected chi connectivity index (χ4v) is 3.35. The van der Waals surface area contributed by atoms with Gasteiger partial charge in [0.05, 0.1) is 0 Å². The van der Waals surface area contributed by atoms with E-state index in [9.17, 15) is 0 Å². The number of rotatable bonds is 1. The van der Waals surface area contributed by atoms with E-state index in [0.717, 1.165) is 0 Å². The van der Waals surface area contributed by atoms with Crippen molar-refractivity contribution in [2.45, 2.75) is 20.8 Å². The zero-order chi connectivity index (χ0) is 10.3. The SMILES string of the molecule is C[C](=[Bi])C(C)=[C](C)[Bi].[Cl-].[Cl-].[Zr+3].c1cc[cH-]c1. The van der Waals surface area contributed by atoms with Crippen molar-refractivity contribution in [1.29, 1.82) is 0 Å². The topological polar surface area (TPSA) is 0 Å². The van der Waals surface area contributed by atoms with Gasteiger partial charge in [-0.25, -0.2) is 12.1 Å². The molecule has 86 valence electrons. The van der Waals surface area contributed by atoms with Crippen molar-refractivity contribution in [3.05, 3.63) is 39.2 Å². The van der Waals surface area contributed by atoms with Gasteiger partial charge in [0.25, 0.3) is 0 Å². The summed E-state index contributed by atoms with van der Waals surface area (Å²) in [6.07, 6.45) is 0. The summed E-state index contributed by atoms with van der Waals surface area (Å²) in [6.45, 7) is 6.63. The second-order valence-corrected chi connectivity index (χ2v) is 7.97. The van der Waals surface area contributed by atoms with Crippen molar-refractivity contribution in [1.82, 2.24) is 0 Å².